The van der Waals surface area contributed by atoms with Gasteiger partial charge in [0.15, 0.2) is 0 Å². The van der Waals surface area contributed by atoms with Gasteiger partial charge in [-0.05, 0) is 109 Å². The highest BCUT2D eigenvalue weighted by Crippen LogP contribution is 2.43. The zero-order valence-corrected chi connectivity index (χ0v) is 54.7. The Kier molecular flexibility index (Phi) is 58.2. The molecule has 0 aromatic carbocycles. The first-order valence-electron chi connectivity index (χ1n) is 33.9. The second kappa shape index (κ2) is 60.3. The van der Waals surface area contributed by atoms with Gasteiger partial charge in [0, 0.05) is 12.8 Å². The van der Waals surface area contributed by atoms with Crippen molar-refractivity contribution in [1.29, 1.82) is 0 Å². The Morgan fingerprint density at radius 2 is 0.753 bits per heavy atom. The summed E-state index contributed by atoms with van der Waals surface area (Å²) < 4.78 is 30.8. The average molecular weight is 1150 g/mol. The Morgan fingerprint density at radius 3 is 1.15 bits per heavy atom. The number of ether oxygens (including phenoxy) is 1. The maximum absolute atomic E-state index is 13.6. The van der Waals surface area contributed by atoms with Crippen LogP contribution in [0.1, 0.15) is 303 Å². The molecule has 0 aliphatic rings. The van der Waals surface area contributed by atoms with Gasteiger partial charge in [-0.1, -0.05) is 267 Å². The quantitative estimate of drug-likeness (QED) is 0.0205. The van der Waals surface area contributed by atoms with E-state index in [-0.39, 0.29) is 31.5 Å². The molecule has 81 heavy (non-hydrogen) atoms. The predicted molar refractivity (Wildman–Crippen MR) is 351 cm³/mol. The molecular weight excluding hydrogens is 1020 g/mol. The Morgan fingerprint density at radius 1 is 0.432 bits per heavy atom. The number of carbonyl (C=O) groups is 2. The van der Waals surface area contributed by atoms with Gasteiger partial charge >= 0.3 is 13.8 Å². The van der Waals surface area contributed by atoms with E-state index in [4.69, 9.17) is 13.8 Å². The highest BCUT2D eigenvalue weighted by Gasteiger charge is 2.30. The van der Waals surface area contributed by atoms with Gasteiger partial charge in [-0.25, -0.2) is 4.57 Å². The number of esters is 1. The third-order valence-corrected chi connectivity index (χ3v) is 15.8. The monoisotopic (exact) mass is 1150 g/mol. The molecule has 0 aromatic heterocycles. The van der Waals surface area contributed by atoms with E-state index in [0.717, 1.165) is 96.3 Å². The molecule has 0 aliphatic carbocycles. The number of nitrogens with zero attached hydrogens (tertiary/aromatic N) is 1. The number of phosphoric ester groups is 1. The van der Waals surface area contributed by atoms with E-state index in [0.29, 0.717) is 17.4 Å². The standard InChI is InChI=1S/C71H129N2O7P/c1-7-10-13-16-19-22-25-27-29-31-33-34-35-36-37-38-40-41-43-45-48-51-54-57-60-63-70(74)72-68(67-79-81(76,77)78-66-65-73(4,5)6)69(62-59-56-53-50-47-24-21-18-15-12-9-3)80-71(75)64-61-58-55-52-49-46-44-42-39-32-30-28-26-23-20-17-14-11-8-2/h19-20,22-23,27-30,33-34,39,42,59,62,68-69H,7-18,21,24-26,31-32,35-38,40-41,43-58,60-61,63-67H2,1-6H3,(H-,72,74,76,77)/p+1/b22-19-,23-20-,29-27-,30-28-,34-33-,42-39-,62-59-. The largest absolute Gasteiger partial charge is 0.472 e. The van der Waals surface area contributed by atoms with Gasteiger partial charge in [0.05, 0.1) is 33.8 Å². The van der Waals surface area contributed by atoms with Gasteiger partial charge in [-0.3, -0.25) is 18.6 Å². The van der Waals surface area contributed by atoms with E-state index in [9.17, 15) is 19.0 Å². The van der Waals surface area contributed by atoms with Crippen molar-refractivity contribution in [2.75, 3.05) is 40.9 Å². The zero-order chi connectivity index (χ0) is 59.3. The van der Waals surface area contributed by atoms with Crippen LogP contribution in [0.15, 0.2) is 85.1 Å². The van der Waals surface area contributed by atoms with Crippen molar-refractivity contribution in [3.05, 3.63) is 85.1 Å². The number of phosphoric acid groups is 1. The van der Waals surface area contributed by atoms with E-state index in [1.54, 1.807) is 0 Å². The van der Waals surface area contributed by atoms with Gasteiger partial charge < -0.3 is 19.4 Å². The zero-order valence-electron chi connectivity index (χ0n) is 53.8. The second-order valence-electron chi connectivity index (χ2n) is 24.0. The molecular formula is C71H130N2O7P+. The number of allylic oxidation sites excluding steroid dienone is 13. The minimum absolute atomic E-state index is 0.0349. The topological polar surface area (TPSA) is 111 Å². The molecule has 0 fully saturated rings. The first-order chi connectivity index (χ1) is 39.4. The van der Waals surface area contributed by atoms with Crippen LogP contribution in [0.5, 0.6) is 0 Å². The van der Waals surface area contributed by atoms with Crippen molar-refractivity contribution in [2.45, 2.75) is 315 Å². The fourth-order valence-electron chi connectivity index (χ4n) is 9.54. The van der Waals surface area contributed by atoms with Crippen LogP contribution >= 0.6 is 7.82 Å². The second-order valence-corrected chi connectivity index (χ2v) is 25.4. The number of rotatable bonds is 61. The molecule has 10 heteroatoms. The smallest absolute Gasteiger partial charge is 0.456 e. The number of quaternary nitrogens is 1. The normalized spacial score (nSPS) is 14.1. The number of hydrogen-bond acceptors (Lipinski definition) is 6. The summed E-state index contributed by atoms with van der Waals surface area (Å²) in [6, 6.07) is -0.859. The van der Waals surface area contributed by atoms with Gasteiger partial charge in [-0.2, -0.15) is 0 Å². The summed E-state index contributed by atoms with van der Waals surface area (Å²) in [4.78, 5) is 37.8. The minimum Gasteiger partial charge on any atom is -0.456 e. The van der Waals surface area contributed by atoms with Gasteiger partial charge in [0.2, 0.25) is 5.91 Å². The van der Waals surface area contributed by atoms with E-state index in [1.165, 1.54) is 173 Å². The molecule has 0 saturated carbocycles. The fraction of sp³-hybridized carbons (Fsp3) is 0.775. The summed E-state index contributed by atoms with van der Waals surface area (Å²) in [6.07, 6.45) is 80.1. The molecule has 9 nitrogen and oxygen atoms in total. The van der Waals surface area contributed by atoms with Crippen molar-refractivity contribution >= 4 is 19.7 Å². The Balaban J connectivity index is 5.10. The number of hydrogen-bond donors (Lipinski definition) is 2. The Bertz CT molecular complexity index is 1660. The summed E-state index contributed by atoms with van der Waals surface area (Å²) >= 11 is 0. The molecule has 0 rings (SSSR count). The Hall–Kier alpha value is -2.81. The van der Waals surface area contributed by atoms with Crippen LogP contribution in [-0.4, -0.2) is 74.3 Å². The van der Waals surface area contributed by atoms with Gasteiger partial charge in [0.1, 0.15) is 19.3 Å². The van der Waals surface area contributed by atoms with Crippen LogP contribution in [0.25, 0.3) is 0 Å². The molecule has 1 amide bonds. The van der Waals surface area contributed by atoms with Crippen molar-refractivity contribution in [3.8, 4) is 0 Å². The summed E-state index contributed by atoms with van der Waals surface area (Å²) in [5.74, 6) is -0.519. The number of amides is 1. The molecule has 0 spiro atoms. The highest BCUT2D eigenvalue weighted by atomic mass is 31.2. The molecule has 0 aromatic rings. The lowest BCUT2D eigenvalue weighted by molar-refractivity contribution is -0.870. The summed E-state index contributed by atoms with van der Waals surface area (Å²) in [5, 5.41) is 3.06. The van der Waals surface area contributed by atoms with Crippen LogP contribution in [0.2, 0.25) is 0 Å². The SMILES string of the molecule is CCCCC/C=C\C/C=C\C/C=C\CCCCCCCCCCCCCCC(=O)NC(COP(=O)(O)OCC[N+](C)(C)C)C(/C=C\CCCCCCCCCCC)OC(=O)CCCCCCCC/C=C\C/C=C\C/C=C\CCCCC. The third kappa shape index (κ3) is 61.6. The van der Waals surface area contributed by atoms with Crippen LogP contribution in [0, 0.1) is 0 Å². The fourth-order valence-corrected chi connectivity index (χ4v) is 10.3. The Labute approximate surface area is 501 Å². The molecule has 0 saturated heterocycles. The van der Waals surface area contributed by atoms with Crippen LogP contribution in [0.4, 0.5) is 0 Å². The minimum atomic E-state index is -4.46. The summed E-state index contributed by atoms with van der Waals surface area (Å²) in [5.41, 5.74) is 0. The molecule has 0 bridgehead atoms. The number of unbranched alkanes of at least 4 members (excludes halogenated alkanes) is 33. The molecule has 470 valence electrons. The van der Waals surface area contributed by atoms with E-state index in [1.807, 2.05) is 33.3 Å². The number of likely N-dealkylation sites (N-methyl/N-ethyl adjacent to an activating group) is 1. The molecule has 0 heterocycles. The van der Waals surface area contributed by atoms with Gasteiger partial charge in [-0.15, -0.1) is 0 Å². The summed E-state index contributed by atoms with van der Waals surface area (Å²) in [6.45, 7) is 6.96. The highest BCUT2D eigenvalue weighted by molar-refractivity contribution is 7.47. The molecule has 0 aliphatic heterocycles. The molecule has 0 radical (unpaired) electrons. The number of nitrogens with one attached hydrogen (secondary N) is 1. The molecule has 2 N–H and O–H groups in total. The van der Waals surface area contributed by atoms with Crippen LogP contribution in [-0.2, 0) is 27.9 Å². The van der Waals surface area contributed by atoms with Crippen molar-refractivity contribution in [1.82, 2.24) is 5.32 Å². The van der Waals surface area contributed by atoms with E-state index >= 15 is 0 Å². The first-order valence-corrected chi connectivity index (χ1v) is 35.4. The lowest BCUT2D eigenvalue weighted by Gasteiger charge is -2.27. The number of carbonyl (C=O) groups excluding carboxylic acids is 2. The van der Waals surface area contributed by atoms with Crippen molar-refractivity contribution in [3.63, 3.8) is 0 Å². The predicted octanol–water partition coefficient (Wildman–Crippen LogP) is 21.3. The maximum atomic E-state index is 13.6. The van der Waals surface area contributed by atoms with E-state index in [2.05, 4.69) is 99.0 Å². The van der Waals surface area contributed by atoms with Gasteiger partial charge in [0.25, 0.3) is 0 Å². The average Bonchev–Trinajstić information content (AvgIpc) is 3.44. The van der Waals surface area contributed by atoms with Crippen LogP contribution < -0.4 is 5.32 Å². The van der Waals surface area contributed by atoms with E-state index < -0.39 is 20.0 Å². The lowest BCUT2D eigenvalue weighted by Crippen LogP contribution is -2.47. The summed E-state index contributed by atoms with van der Waals surface area (Å²) in [7, 11) is 1.48. The lowest BCUT2D eigenvalue weighted by atomic mass is 10.0. The maximum Gasteiger partial charge on any atom is 0.472 e. The third-order valence-electron chi connectivity index (χ3n) is 14.8. The van der Waals surface area contributed by atoms with Crippen LogP contribution in [0.3, 0.4) is 0 Å². The molecule has 3 unspecified atom stereocenters. The van der Waals surface area contributed by atoms with Crippen molar-refractivity contribution < 1.29 is 37.3 Å². The first kappa shape index (κ1) is 78.2. The molecule has 3 atom stereocenters. The van der Waals surface area contributed by atoms with Crippen molar-refractivity contribution in [2.24, 2.45) is 0 Å².